The van der Waals surface area contributed by atoms with Crippen LogP contribution in [0.3, 0.4) is 0 Å². The van der Waals surface area contributed by atoms with Gasteiger partial charge in [0.2, 0.25) is 0 Å². The molecule has 1 aliphatic carbocycles. The van der Waals surface area contributed by atoms with E-state index in [0.717, 1.165) is 32.1 Å². The summed E-state index contributed by atoms with van der Waals surface area (Å²) in [5, 5.41) is 20.8. The van der Waals surface area contributed by atoms with Crippen LogP contribution in [0, 0.1) is 11.8 Å². The van der Waals surface area contributed by atoms with Gasteiger partial charge in [0.25, 0.3) is 0 Å². The molecule has 1 saturated carbocycles. The lowest BCUT2D eigenvalue weighted by molar-refractivity contribution is -0.151. The molecule has 4 nitrogen and oxygen atoms in total. The molecule has 0 bridgehead atoms. The molecule has 0 radical (unpaired) electrons. The van der Waals surface area contributed by atoms with E-state index in [1.165, 1.54) is 5.56 Å². The molecule has 1 aliphatic heterocycles. The summed E-state index contributed by atoms with van der Waals surface area (Å²) in [7, 11) is 0. The average Bonchev–Trinajstić information content (AvgIpc) is 2.96. The van der Waals surface area contributed by atoms with Crippen molar-refractivity contribution in [3.63, 3.8) is 0 Å². The molecular weight excluding hydrogens is 328 g/mol. The molecule has 142 valence electrons. The van der Waals surface area contributed by atoms with Gasteiger partial charge in [-0.2, -0.15) is 0 Å². The minimum absolute atomic E-state index is 0.0851. The van der Waals surface area contributed by atoms with Crippen LogP contribution in [-0.2, 0) is 16.0 Å². The fraction of sp³-hybridized carbons (Fsp3) is 0.591. The third kappa shape index (κ3) is 5.18. The first kappa shape index (κ1) is 19.1. The predicted octanol–water partition coefficient (Wildman–Crippen LogP) is 3.41. The summed E-state index contributed by atoms with van der Waals surface area (Å²) in [5.41, 5.74) is 1.24. The van der Waals surface area contributed by atoms with Crippen molar-refractivity contribution in [2.45, 2.75) is 69.7 Å². The summed E-state index contributed by atoms with van der Waals surface area (Å²) in [4.78, 5) is 11.9. The Balaban J connectivity index is 1.51. The molecule has 0 spiro atoms. The fourth-order valence-electron chi connectivity index (χ4n) is 4.32. The van der Waals surface area contributed by atoms with Crippen LogP contribution >= 0.6 is 0 Å². The summed E-state index contributed by atoms with van der Waals surface area (Å²) in [6.07, 6.45) is 8.69. The average molecular weight is 358 g/mol. The normalized spacial score (nSPS) is 31.2. The van der Waals surface area contributed by atoms with Crippen molar-refractivity contribution >= 4 is 5.97 Å². The second-order valence-corrected chi connectivity index (χ2v) is 7.66. The number of rotatable bonds is 6. The van der Waals surface area contributed by atoms with E-state index in [9.17, 15) is 15.0 Å². The third-order valence-corrected chi connectivity index (χ3v) is 5.81. The number of aliphatic hydroxyl groups excluding tert-OH is 2. The van der Waals surface area contributed by atoms with Crippen molar-refractivity contribution in [1.29, 1.82) is 0 Å². The molecule has 1 fully saturated rings. The van der Waals surface area contributed by atoms with Gasteiger partial charge in [-0.15, -0.1) is 0 Å². The lowest BCUT2D eigenvalue weighted by atomic mass is 9.85. The number of hydrogen-bond donors (Lipinski definition) is 2. The number of ether oxygens (including phenoxy) is 1. The molecule has 4 heteroatoms. The third-order valence-electron chi connectivity index (χ3n) is 5.81. The lowest BCUT2D eigenvalue weighted by Gasteiger charge is -2.25. The Morgan fingerprint density at radius 3 is 2.77 bits per heavy atom. The topological polar surface area (TPSA) is 66.8 Å². The first-order chi connectivity index (χ1) is 12.6. The summed E-state index contributed by atoms with van der Waals surface area (Å²) in [6, 6.07) is 10.2. The van der Waals surface area contributed by atoms with E-state index in [1.54, 1.807) is 0 Å². The molecule has 2 N–H and O–H groups in total. The van der Waals surface area contributed by atoms with Gasteiger partial charge in [0.05, 0.1) is 12.2 Å². The van der Waals surface area contributed by atoms with E-state index >= 15 is 0 Å². The second kappa shape index (κ2) is 9.33. The Labute approximate surface area is 155 Å². The molecule has 0 amide bonds. The zero-order valence-corrected chi connectivity index (χ0v) is 15.3. The number of hydrogen-bond acceptors (Lipinski definition) is 4. The maximum atomic E-state index is 11.9. The van der Waals surface area contributed by atoms with Crippen LogP contribution < -0.4 is 0 Å². The smallest absolute Gasteiger partial charge is 0.306 e. The maximum absolute atomic E-state index is 11.9. The minimum Gasteiger partial charge on any atom is -0.462 e. The van der Waals surface area contributed by atoms with Crippen LogP contribution in [-0.4, -0.2) is 34.5 Å². The van der Waals surface area contributed by atoms with Crippen LogP contribution in [0.25, 0.3) is 0 Å². The summed E-state index contributed by atoms with van der Waals surface area (Å²) in [5.74, 6) is 0.0776. The number of benzene rings is 1. The van der Waals surface area contributed by atoms with E-state index in [4.69, 9.17) is 4.74 Å². The summed E-state index contributed by atoms with van der Waals surface area (Å²) >= 11 is 0. The Hall–Kier alpha value is -1.65. The highest BCUT2D eigenvalue weighted by Crippen LogP contribution is 2.40. The highest BCUT2D eigenvalue weighted by molar-refractivity contribution is 5.69. The quantitative estimate of drug-likeness (QED) is 0.604. The Morgan fingerprint density at radius 2 is 1.96 bits per heavy atom. The number of aliphatic hydroxyl groups is 2. The standard InChI is InChI=1S/C22H30O4/c23-17(12-11-16-7-3-1-4-8-16)13-14-18-19-9-5-2-6-10-22(25)26-21(19)15-20(18)24/h1-5,7-8,17-21,23-24H,6,9-15H2/b5-2-/t17-,18+,19+,20+,21-/m0/s1. The Morgan fingerprint density at radius 1 is 1.15 bits per heavy atom. The van der Waals surface area contributed by atoms with E-state index in [0.29, 0.717) is 19.3 Å². The van der Waals surface area contributed by atoms with E-state index in [1.807, 2.05) is 24.3 Å². The van der Waals surface area contributed by atoms with Gasteiger partial charge in [-0.3, -0.25) is 4.79 Å². The zero-order valence-electron chi connectivity index (χ0n) is 15.3. The second-order valence-electron chi connectivity index (χ2n) is 7.66. The molecule has 3 rings (SSSR count). The first-order valence-electron chi connectivity index (χ1n) is 9.88. The Kier molecular flexibility index (Phi) is 6.86. The Bertz CT molecular complexity index is 597. The van der Waals surface area contributed by atoms with Crippen LogP contribution in [0.15, 0.2) is 42.5 Å². The molecule has 2 aliphatic rings. The largest absolute Gasteiger partial charge is 0.462 e. The van der Waals surface area contributed by atoms with Crippen LogP contribution in [0.2, 0.25) is 0 Å². The number of carbonyl (C=O) groups excluding carboxylic acids is 1. The molecule has 1 aromatic rings. The molecule has 0 saturated heterocycles. The van der Waals surface area contributed by atoms with Crippen LogP contribution in [0.1, 0.15) is 50.5 Å². The van der Waals surface area contributed by atoms with Crippen molar-refractivity contribution < 1.29 is 19.7 Å². The minimum atomic E-state index is -0.452. The van der Waals surface area contributed by atoms with Gasteiger partial charge in [-0.1, -0.05) is 42.5 Å². The van der Waals surface area contributed by atoms with Gasteiger partial charge in [0.1, 0.15) is 6.10 Å². The highest BCUT2D eigenvalue weighted by atomic mass is 16.5. The van der Waals surface area contributed by atoms with Crippen LogP contribution in [0.4, 0.5) is 0 Å². The molecule has 0 aromatic heterocycles. The van der Waals surface area contributed by atoms with Gasteiger partial charge in [0, 0.05) is 18.8 Å². The maximum Gasteiger partial charge on any atom is 0.306 e. The van der Waals surface area contributed by atoms with E-state index in [2.05, 4.69) is 18.2 Å². The van der Waals surface area contributed by atoms with Gasteiger partial charge >= 0.3 is 5.97 Å². The number of carbonyl (C=O) groups is 1. The number of aryl methyl sites for hydroxylation is 1. The lowest BCUT2D eigenvalue weighted by Crippen LogP contribution is -2.26. The van der Waals surface area contributed by atoms with Gasteiger partial charge < -0.3 is 14.9 Å². The molecule has 1 aromatic carbocycles. The highest BCUT2D eigenvalue weighted by Gasteiger charge is 2.43. The van der Waals surface area contributed by atoms with Crippen molar-refractivity contribution in [1.82, 2.24) is 0 Å². The monoisotopic (exact) mass is 358 g/mol. The molecule has 0 unspecified atom stereocenters. The SMILES string of the molecule is O=C1CC/C=C\C[C@@H]2[C@@H](CC[C@@H](O)CCc3ccccc3)[C@H](O)C[C@@H]2O1. The van der Waals surface area contributed by atoms with Crippen molar-refractivity contribution in [3.05, 3.63) is 48.0 Å². The molecule has 26 heavy (non-hydrogen) atoms. The van der Waals surface area contributed by atoms with Gasteiger partial charge in [-0.25, -0.2) is 0 Å². The number of fused-ring (bicyclic) bond motifs is 1. The van der Waals surface area contributed by atoms with Crippen molar-refractivity contribution in [3.8, 4) is 0 Å². The molecule has 1 heterocycles. The molecular formula is C22H30O4. The summed E-state index contributed by atoms with van der Waals surface area (Å²) in [6.45, 7) is 0. The fourth-order valence-corrected chi connectivity index (χ4v) is 4.32. The van der Waals surface area contributed by atoms with Gasteiger partial charge in [0.15, 0.2) is 0 Å². The first-order valence-corrected chi connectivity index (χ1v) is 9.88. The van der Waals surface area contributed by atoms with E-state index < -0.39 is 6.10 Å². The predicted molar refractivity (Wildman–Crippen MR) is 100 cm³/mol. The zero-order chi connectivity index (χ0) is 18.4. The van der Waals surface area contributed by atoms with Crippen molar-refractivity contribution in [2.24, 2.45) is 11.8 Å². The summed E-state index contributed by atoms with van der Waals surface area (Å²) < 4.78 is 5.61. The molecule has 5 atom stereocenters. The van der Waals surface area contributed by atoms with Crippen molar-refractivity contribution in [2.75, 3.05) is 0 Å². The van der Waals surface area contributed by atoms with Crippen LogP contribution in [0.5, 0.6) is 0 Å². The van der Waals surface area contributed by atoms with Gasteiger partial charge in [-0.05, 0) is 50.0 Å². The van der Waals surface area contributed by atoms with E-state index in [-0.39, 0.29) is 30.0 Å². The number of allylic oxidation sites excluding steroid dienone is 2. The number of esters is 1.